The molecule has 0 N–H and O–H groups in total. The SMILES string of the molecule is CN(/[N+]([O-])=N/O[C@@H]1CCN(C(=O)N2CC[C@@H](O/N=[N+](\[O-])N(C)C(C)(C)C)C2)C1)C(C)(C)C. The van der Waals surface area contributed by atoms with Gasteiger partial charge in [0.2, 0.25) is 10.6 Å². The summed E-state index contributed by atoms with van der Waals surface area (Å²) in [4.78, 5) is 27.7. The first-order valence-corrected chi connectivity index (χ1v) is 10.9. The first-order valence-electron chi connectivity index (χ1n) is 10.9. The van der Waals surface area contributed by atoms with Crippen LogP contribution in [0, 0.1) is 10.4 Å². The van der Waals surface area contributed by atoms with Crippen molar-refractivity contribution in [1.82, 2.24) is 19.8 Å². The molecular formula is C19H38N8O5. The molecular weight excluding hydrogens is 420 g/mol. The van der Waals surface area contributed by atoms with Crippen LogP contribution in [-0.4, -0.2) is 99.3 Å². The summed E-state index contributed by atoms with van der Waals surface area (Å²) in [5, 5.41) is 34.1. The molecule has 2 rings (SSSR count). The Bertz CT molecular complexity index is 659. The summed E-state index contributed by atoms with van der Waals surface area (Å²) in [6, 6.07) is -0.126. The minimum atomic E-state index is -0.391. The molecule has 0 radical (unpaired) electrons. The second kappa shape index (κ2) is 9.82. The highest BCUT2D eigenvalue weighted by Crippen LogP contribution is 2.20. The summed E-state index contributed by atoms with van der Waals surface area (Å²) in [7, 11) is 3.27. The van der Waals surface area contributed by atoms with Gasteiger partial charge in [-0.1, -0.05) is 0 Å². The largest absolute Gasteiger partial charge is 0.569 e. The van der Waals surface area contributed by atoms with Crippen LogP contribution >= 0.6 is 0 Å². The molecule has 13 nitrogen and oxygen atoms in total. The van der Waals surface area contributed by atoms with Crippen LogP contribution in [0.5, 0.6) is 0 Å². The molecule has 0 aromatic heterocycles. The number of hydrazine groups is 2. The van der Waals surface area contributed by atoms with Gasteiger partial charge in [-0.2, -0.15) is 0 Å². The Kier molecular flexibility index (Phi) is 7.83. The van der Waals surface area contributed by atoms with Crippen molar-refractivity contribution in [3.8, 4) is 0 Å². The Balaban J connectivity index is 1.81. The van der Waals surface area contributed by atoms with Crippen molar-refractivity contribution < 1.29 is 24.4 Å². The van der Waals surface area contributed by atoms with Crippen molar-refractivity contribution >= 4 is 6.03 Å². The predicted molar refractivity (Wildman–Crippen MR) is 115 cm³/mol. The summed E-state index contributed by atoms with van der Waals surface area (Å²) in [5.41, 5.74) is -0.781. The molecule has 0 saturated carbocycles. The number of nitrogens with zero attached hydrogens (tertiary/aromatic N) is 8. The number of hydrogen-bond acceptors (Lipinski definition) is 7. The average Bonchev–Trinajstić information content (AvgIpc) is 3.36. The molecule has 184 valence electrons. The molecule has 2 fully saturated rings. The van der Waals surface area contributed by atoms with E-state index in [0.29, 0.717) is 49.0 Å². The van der Waals surface area contributed by atoms with Crippen LogP contribution in [0.15, 0.2) is 10.6 Å². The number of amides is 2. The first-order chi connectivity index (χ1) is 14.7. The number of hydrogen-bond donors (Lipinski definition) is 0. The van der Waals surface area contributed by atoms with E-state index in [9.17, 15) is 15.2 Å². The number of rotatable bonds is 6. The molecule has 2 saturated heterocycles. The average molecular weight is 459 g/mol. The van der Waals surface area contributed by atoms with Crippen LogP contribution in [0.2, 0.25) is 0 Å². The third-order valence-corrected chi connectivity index (χ3v) is 5.82. The fourth-order valence-corrected chi connectivity index (χ4v) is 3.01. The van der Waals surface area contributed by atoms with Crippen molar-refractivity contribution in [2.45, 2.75) is 77.7 Å². The van der Waals surface area contributed by atoms with E-state index in [1.54, 1.807) is 23.9 Å². The number of likely N-dealkylation sites (tertiary alicyclic amines) is 2. The number of carbonyl (C=O) groups is 1. The van der Waals surface area contributed by atoms with Crippen LogP contribution < -0.4 is 0 Å². The van der Waals surface area contributed by atoms with Crippen LogP contribution in [0.25, 0.3) is 0 Å². The van der Waals surface area contributed by atoms with E-state index in [2.05, 4.69) is 10.6 Å². The zero-order chi connectivity index (χ0) is 24.3. The van der Waals surface area contributed by atoms with Crippen LogP contribution in [0.3, 0.4) is 0 Å². The highest BCUT2D eigenvalue weighted by atomic mass is 16.7. The van der Waals surface area contributed by atoms with E-state index in [1.807, 2.05) is 41.5 Å². The van der Waals surface area contributed by atoms with Crippen molar-refractivity contribution in [2.24, 2.45) is 10.6 Å². The van der Waals surface area contributed by atoms with Crippen LogP contribution in [0.1, 0.15) is 54.4 Å². The fraction of sp³-hybridized carbons (Fsp3) is 0.947. The van der Waals surface area contributed by atoms with Gasteiger partial charge in [-0.25, -0.2) is 4.79 Å². The van der Waals surface area contributed by atoms with Gasteiger partial charge in [-0.05, 0) is 41.5 Å². The van der Waals surface area contributed by atoms with E-state index in [0.717, 1.165) is 0 Å². The monoisotopic (exact) mass is 458 g/mol. The predicted octanol–water partition coefficient (Wildman–Crippen LogP) is 2.33. The lowest BCUT2D eigenvalue weighted by Crippen LogP contribution is -2.43. The Morgan fingerprint density at radius 3 is 1.50 bits per heavy atom. The summed E-state index contributed by atoms with van der Waals surface area (Å²) < 4.78 is 0. The maximum absolute atomic E-state index is 12.8. The van der Waals surface area contributed by atoms with Gasteiger partial charge < -0.3 is 29.9 Å². The molecule has 2 aliphatic heterocycles. The summed E-state index contributed by atoms with van der Waals surface area (Å²) >= 11 is 0. The van der Waals surface area contributed by atoms with E-state index < -0.39 is 11.1 Å². The normalized spacial score (nSPS) is 22.9. The van der Waals surface area contributed by atoms with Gasteiger partial charge in [0.05, 0.1) is 48.2 Å². The fourth-order valence-electron chi connectivity index (χ4n) is 3.01. The molecule has 0 aromatic carbocycles. The van der Waals surface area contributed by atoms with Gasteiger partial charge in [0.1, 0.15) is 0 Å². The quantitative estimate of drug-likeness (QED) is 0.340. The molecule has 32 heavy (non-hydrogen) atoms. The molecule has 0 aliphatic carbocycles. The molecule has 0 spiro atoms. The standard InChI is InChI=1S/C19H38N8O5/c1-18(2,3)22(7)26(29)20-31-15-9-11-24(13-15)17(28)25-12-10-16(14-25)32-21-27(30)23(8)19(4,5)6/h15-16H,9-14H2,1-8H3/b26-20-,27-21-/t15-,16-/m1/s1. The first kappa shape index (κ1) is 25.5. The van der Waals surface area contributed by atoms with Gasteiger partial charge in [-0.15, -0.1) is 10.0 Å². The van der Waals surface area contributed by atoms with E-state index in [-0.39, 0.29) is 18.2 Å². The summed E-state index contributed by atoms with van der Waals surface area (Å²) in [5.74, 6) is 0. The summed E-state index contributed by atoms with van der Waals surface area (Å²) in [6.07, 6.45) is 0.511. The van der Waals surface area contributed by atoms with Crippen molar-refractivity contribution in [3.63, 3.8) is 0 Å². The molecule has 2 aliphatic rings. The lowest BCUT2D eigenvalue weighted by molar-refractivity contribution is -0.720. The maximum Gasteiger partial charge on any atom is 0.320 e. The summed E-state index contributed by atoms with van der Waals surface area (Å²) in [6.45, 7) is 13.1. The molecule has 2 amide bonds. The van der Waals surface area contributed by atoms with E-state index >= 15 is 0 Å². The lowest BCUT2D eigenvalue weighted by atomic mass is 10.1. The van der Waals surface area contributed by atoms with Gasteiger partial charge in [-0.3, -0.25) is 0 Å². The molecule has 2 atom stereocenters. The van der Waals surface area contributed by atoms with E-state index in [4.69, 9.17) is 9.68 Å². The lowest BCUT2D eigenvalue weighted by Gasteiger charge is -2.26. The second-order valence-corrected chi connectivity index (χ2v) is 10.3. The van der Waals surface area contributed by atoms with Crippen molar-refractivity contribution in [1.29, 1.82) is 0 Å². The second-order valence-electron chi connectivity index (χ2n) is 10.3. The maximum atomic E-state index is 12.8. The molecule has 0 unspecified atom stereocenters. The highest BCUT2D eigenvalue weighted by Gasteiger charge is 2.36. The highest BCUT2D eigenvalue weighted by molar-refractivity contribution is 5.75. The zero-order valence-electron chi connectivity index (χ0n) is 20.5. The molecule has 2 heterocycles. The molecule has 0 bridgehead atoms. The van der Waals surface area contributed by atoms with Gasteiger partial charge >= 0.3 is 6.03 Å². The third-order valence-electron chi connectivity index (χ3n) is 5.82. The Labute approximate surface area is 189 Å². The molecule has 13 heteroatoms. The van der Waals surface area contributed by atoms with Crippen molar-refractivity contribution in [3.05, 3.63) is 10.4 Å². The Morgan fingerprint density at radius 2 is 1.19 bits per heavy atom. The number of carbonyl (C=O) groups excluding carboxylic acids is 1. The minimum Gasteiger partial charge on any atom is -0.569 e. The third kappa shape index (κ3) is 6.63. The van der Waals surface area contributed by atoms with Crippen LogP contribution in [-0.2, 0) is 9.68 Å². The Morgan fingerprint density at radius 1 is 0.844 bits per heavy atom. The van der Waals surface area contributed by atoms with Gasteiger partial charge in [0.25, 0.3) is 0 Å². The smallest absolute Gasteiger partial charge is 0.320 e. The van der Waals surface area contributed by atoms with E-state index in [1.165, 1.54) is 10.0 Å². The Hall–Kier alpha value is -2.73. The van der Waals surface area contributed by atoms with Crippen LogP contribution in [0.4, 0.5) is 4.79 Å². The zero-order valence-corrected chi connectivity index (χ0v) is 20.5. The number of urea groups is 1. The molecule has 0 aromatic rings. The topological polar surface area (TPSA) is 125 Å². The minimum absolute atomic E-state index is 0.126. The van der Waals surface area contributed by atoms with Crippen molar-refractivity contribution in [2.75, 3.05) is 40.3 Å². The van der Waals surface area contributed by atoms with Gasteiger partial charge in [0, 0.05) is 25.9 Å². The van der Waals surface area contributed by atoms with Gasteiger partial charge in [0.15, 0.2) is 12.2 Å².